The number of nitriles is 2. The van der Waals surface area contributed by atoms with Crippen LogP contribution in [0.5, 0.6) is 0 Å². The van der Waals surface area contributed by atoms with Crippen molar-refractivity contribution in [3.05, 3.63) is 77.5 Å². The molecule has 0 saturated heterocycles. The van der Waals surface area contributed by atoms with Gasteiger partial charge in [-0.1, -0.05) is 0 Å². The van der Waals surface area contributed by atoms with Gasteiger partial charge in [0.2, 0.25) is 0 Å². The summed E-state index contributed by atoms with van der Waals surface area (Å²) >= 11 is 0. The molecule has 0 amide bonds. The predicted molar refractivity (Wildman–Crippen MR) is 120 cm³/mol. The SMILES string of the molecule is Cc1ccc(Nc2ccc3c(c2)ncn3-c2ccc(C#N)c(-n3nc(C#N)cc3C)n2)nn1. The predicted octanol–water partition coefficient (Wildman–Crippen LogP) is 3.50. The lowest BCUT2D eigenvalue weighted by Crippen LogP contribution is -2.08. The van der Waals surface area contributed by atoms with Gasteiger partial charge in [0.1, 0.15) is 24.3 Å². The average Bonchev–Trinajstić information content (AvgIpc) is 3.43. The maximum Gasteiger partial charge on any atom is 0.173 e. The molecule has 33 heavy (non-hydrogen) atoms. The summed E-state index contributed by atoms with van der Waals surface area (Å²) in [6, 6.07) is 18.8. The first-order chi connectivity index (χ1) is 16.1. The summed E-state index contributed by atoms with van der Waals surface area (Å²) < 4.78 is 3.34. The molecule has 5 aromatic rings. The van der Waals surface area contributed by atoms with Crippen molar-refractivity contribution in [1.82, 2.24) is 34.5 Å². The van der Waals surface area contributed by atoms with Gasteiger partial charge in [-0.25, -0.2) is 14.6 Å². The monoisotopic (exact) mass is 432 g/mol. The van der Waals surface area contributed by atoms with E-state index in [1.807, 2.05) is 54.8 Å². The Balaban J connectivity index is 1.54. The molecule has 4 aromatic heterocycles. The second-order valence-corrected chi connectivity index (χ2v) is 7.35. The molecule has 0 bridgehead atoms. The number of anilines is 2. The third-order valence-corrected chi connectivity index (χ3v) is 5.05. The Kier molecular flexibility index (Phi) is 4.73. The fraction of sp³-hybridized carbons (Fsp3) is 0.0870. The zero-order valence-corrected chi connectivity index (χ0v) is 17.7. The first-order valence-electron chi connectivity index (χ1n) is 9.99. The van der Waals surface area contributed by atoms with Crippen LogP contribution in [0.15, 0.2) is 54.9 Å². The van der Waals surface area contributed by atoms with E-state index in [1.54, 1.807) is 24.5 Å². The van der Waals surface area contributed by atoms with Gasteiger partial charge in [0.05, 0.1) is 22.3 Å². The Bertz CT molecular complexity index is 1580. The van der Waals surface area contributed by atoms with E-state index in [2.05, 4.69) is 36.7 Å². The molecule has 10 nitrogen and oxygen atoms in total. The van der Waals surface area contributed by atoms with Crippen LogP contribution in [0.4, 0.5) is 11.5 Å². The number of pyridine rings is 1. The van der Waals surface area contributed by atoms with Crippen LogP contribution in [0.3, 0.4) is 0 Å². The van der Waals surface area contributed by atoms with Crippen LogP contribution in [-0.4, -0.2) is 34.5 Å². The van der Waals surface area contributed by atoms with E-state index in [4.69, 9.17) is 5.26 Å². The lowest BCUT2D eigenvalue weighted by molar-refractivity contribution is 0.802. The molecule has 0 radical (unpaired) electrons. The minimum atomic E-state index is 0.259. The van der Waals surface area contributed by atoms with Crippen molar-refractivity contribution in [2.45, 2.75) is 13.8 Å². The van der Waals surface area contributed by atoms with E-state index in [-0.39, 0.29) is 5.69 Å². The summed E-state index contributed by atoms with van der Waals surface area (Å²) in [7, 11) is 0. The van der Waals surface area contributed by atoms with Gasteiger partial charge >= 0.3 is 0 Å². The zero-order valence-electron chi connectivity index (χ0n) is 17.7. The van der Waals surface area contributed by atoms with Gasteiger partial charge in [-0.15, -0.1) is 5.10 Å². The molecule has 1 aromatic carbocycles. The first kappa shape index (κ1) is 19.8. The normalized spacial score (nSPS) is 10.7. The lowest BCUT2D eigenvalue weighted by Gasteiger charge is -2.10. The number of rotatable bonds is 4. The van der Waals surface area contributed by atoms with Gasteiger partial charge in [0.25, 0.3) is 0 Å². The Morgan fingerprint density at radius 1 is 0.939 bits per heavy atom. The molecule has 0 fully saturated rings. The van der Waals surface area contributed by atoms with Crippen LogP contribution in [0, 0.1) is 36.5 Å². The maximum absolute atomic E-state index is 9.56. The lowest BCUT2D eigenvalue weighted by atomic mass is 10.2. The molecule has 0 aliphatic carbocycles. The van der Waals surface area contributed by atoms with Gasteiger partial charge < -0.3 is 5.32 Å². The van der Waals surface area contributed by atoms with Crippen LogP contribution in [0.2, 0.25) is 0 Å². The third-order valence-electron chi connectivity index (χ3n) is 5.05. The topological polar surface area (TPSA) is 134 Å². The van der Waals surface area contributed by atoms with Crippen LogP contribution >= 0.6 is 0 Å². The maximum atomic E-state index is 9.56. The Hall–Kier alpha value is -5.09. The summed E-state index contributed by atoms with van der Waals surface area (Å²) in [5.74, 6) is 1.57. The van der Waals surface area contributed by atoms with Crippen LogP contribution in [0.1, 0.15) is 22.6 Å². The number of benzene rings is 1. The summed E-state index contributed by atoms with van der Waals surface area (Å²) in [6.07, 6.45) is 1.68. The summed E-state index contributed by atoms with van der Waals surface area (Å²) in [6.45, 7) is 3.69. The Morgan fingerprint density at radius 3 is 2.55 bits per heavy atom. The van der Waals surface area contributed by atoms with Crippen molar-refractivity contribution in [3.8, 4) is 23.8 Å². The molecule has 0 saturated carbocycles. The van der Waals surface area contributed by atoms with E-state index in [9.17, 15) is 5.26 Å². The fourth-order valence-corrected chi connectivity index (χ4v) is 3.45. The van der Waals surface area contributed by atoms with E-state index >= 15 is 0 Å². The number of nitrogens with one attached hydrogen (secondary N) is 1. The number of nitrogens with zero attached hydrogens (tertiary/aromatic N) is 9. The standard InChI is InChI=1S/C23H16N10/c1-14-3-7-21(30-29-14)27-17-5-6-20-19(10-17)26-13-32(20)22-8-4-16(11-24)23(28-22)33-15(2)9-18(12-25)31-33/h3-10,13H,1-2H3,(H,27,30). The van der Waals surface area contributed by atoms with Crippen molar-refractivity contribution in [3.63, 3.8) is 0 Å². The average molecular weight is 432 g/mol. The molecule has 1 N–H and O–H groups in total. The highest BCUT2D eigenvalue weighted by Gasteiger charge is 2.15. The highest BCUT2D eigenvalue weighted by atomic mass is 15.3. The number of hydrogen-bond donors (Lipinski definition) is 1. The highest BCUT2D eigenvalue weighted by Crippen LogP contribution is 2.24. The fourth-order valence-electron chi connectivity index (χ4n) is 3.45. The van der Waals surface area contributed by atoms with Crippen LogP contribution < -0.4 is 5.32 Å². The van der Waals surface area contributed by atoms with E-state index < -0.39 is 0 Å². The van der Waals surface area contributed by atoms with Gasteiger partial charge in [-0.2, -0.15) is 20.7 Å². The van der Waals surface area contributed by atoms with Gasteiger partial charge in [0, 0.05) is 11.4 Å². The molecule has 5 rings (SSSR count). The third kappa shape index (κ3) is 3.62. The molecule has 0 atom stereocenters. The number of fused-ring (bicyclic) bond motifs is 1. The summed E-state index contributed by atoms with van der Waals surface area (Å²) in [5.41, 5.74) is 4.59. The molecule has 0 aliphatic rings. The van der Waals surface area contributed by atoms with Gasteiger partial charge in [0.15, 0.2) is 17.3 Å². The van der Waals surface area contributed by atoms with E-state index in [0.717, 1.165) is 22.4 Å². The number of aryl methyl sites for hydroxylation is 2. The molecule has 0 aliphatic heterocycles. The quantitative estimate of drug-likeness (QED) is 0.456. The largest absolute Gasteiger partial charge is 0.339 e. The Morgan fingerprint density at radius 2 is 1.82 bits per heavy atom. The van der Waals surface area contributed by atoms with Gasteiger partial charge in [-0.3, -0.25) is 4.57 Å². The van der Waals surface area contributed by atoms with Crippen molar-refractivity contribution < 1.29 is 0 Å². The smallest absolute Gasteiger partial charge is 0.173 e. The van der Waals surface area contributed by atoms with Crippen molar-refractivity contribution >= 4 is 22.5 Å². The van der Waals surface area contributed by atoms with Crippen LogP contribution in [-0.2, 0) is 0 Å². The van der Waals surface area contributed by atoms with Crippen molar-refractivity contribution in [2.24, 2.45) is 0 Å². The molecule has 10 heteroatoms. The van der Waals surface area contributed by atoms with Crippen molar-refractivity contribution in [2.75, 3.05) is 5.32 Å². The number of aromatic nitrogens is 7. The second kappa shape index (κ2) is 7.87. The summed E-state index contributed by atoms with van der Waals surface area (Å²) in [4.78, 5) is 9.18. The van der Waals surface area contributed by atoms with Gasteiger partial charge in [-0.05, 0) is 62.4 Å². The zero-order chi connectivity index (χ0) is 22.9. The molecular weight excluding hydrogens is 416 g/mol. The molecule has 0 unspecified atom stereocenters. The number of hydrogen-bond acceptors (Lipinski definition) is 8. The first-order valence-corrected chi connectivity index (χ1v) is 9.99. The Labute approximate surface area is 188 Å². The summed E-state index contributed by atoms with van der Waals surface area (Å²) in [5, 5.41) is 34.4. The van der Waals surface area contributed by atoms with Crippen LogP contribution in [0.25, 0.3) is 22.7 Å². The van der Waals surface area contributed by atoms with E-state index in [0.29, 0.717) is 28.7 Å². The number of imidazole rings is 1. The molecular formula is C23H16N10. The van der Waals surface area contributed by atoms with Crippen molar-refractivity contribution in [1.29, 1.82) is 10.5 Å². The highest BCUT2D eigenvalue weighted by molar-refractivity contribution is 5.82. The molecule has 0 spiro atoms. The molecule has 158 valence electrons. The van der Waals surface area contributed by atoms with E-state index in [1.165, 1.54) is 4.68 Å². The second-order valence-electron chi connectivity index (χ2n) is 7.35. The minimum absolute atomic E-state index is 0.259. The molecule has 4 heterocycles. The minimum Gasteiger partial charge on any atom is -0.339 e.